The fourth-order valence-electron chi connectivity index (χ4n) is 2.86. The predicted octanol–water partition coefficient (Wildman–Crippen LogP) is 2.41. The zero-order valence-electron chi connectivity index (χ0n) is 11.8. The standard InChI is InChI=1S/C16H24N2O/c1-19-12-13-3-2-4-16(9-13)18-8-7-14(11-18)10-17-15-5-6-15/h2-4,9,14-15,17H,5-8,10-12H2,1H3. The second-order valence-corrected chi connectivity index (χ2v) is 5.89. The number of ether oxygens (including phenoxy) is 1. The SMILES string of the molecule is COCc1cccc(N2CCC(CNC3CC3)C2)c1. The van der Waals surface area contributed by atoms with E-state index in [0.717, 1.165) is 12.0 Å². The van der Waals surface area contributed by atoms with Gasteiger partial charge in [0.15, 0.2) is 0 Å². The first-order valence-corrected chi connectivity index (χ1v) is 7.41. The molecule has 3 nitrogen and oxygen atoms in total. The Morgan fingerprint density at radius 3 is 3.00 bits per heavy atom. The molecule has 0 amide bonds. The molecule has 1 aromatic rings. The molecule has 0 bridgehead atoms. The van der Waals surface area contributed by atoms with Gasteiger partial charge < -0.3 is 15.0 Å². The van der Waals surface area contributed by atoms with Crippen LogP contribution in [0.15, 0.2) is 24.3 Å². The molecule has 104 valence electrons. The Kier molecular flexibility index (Phi) is 4.04. The monoisotopic (exact) mass is 260 g/mol. The highest BCUT2D eigenvalue weighted by atomic mass is 16.5. The quantitative estimate of drug-likeness (QED) is 0.850. The molecule has 0 radical (unpaired) electrons. The molecule has 19 heavy (non-hydrogen) atoms. The molecule has 1 N–H and O–H groups in total. The molecular formula is C16H24N2O. The molecule has 1 aliphatic heterocycles. The van der Waals surface area contributed by atoms with Crippen molar-refractivity contribution in [3.8, 4) is 0 Å². The maximum absolute atomic E-state index is 5.21. The lowest BCUT2D eigenvalue weighted by Crippen LogP contribution is -2.27. The fourth-order valence-corrected chi connectivity index (χ4v) is 2.86. The van der Waals surface area contributed by atoms with Gasteiger partial charge in [0.1, 0.15) is 0 Å². The van der Waals surface area contributed by atoms with Crippen molar-refractivity contribution in [2.45, 2.75) is 31.9 Å². The van der Waals surface area contributed by atoms with Gasteiger partial charge in [-0.3, -0.25) is 0 Å². The largest absolute Gasteiger partial charge is 0.380 e. The molecule has 1 aliphatic carbocycles. The van der Waals surface area contributed by atoms with Gasteiger partial charge in [-0.05, 0) is 49.4 Å². The number of rotatable bonds is 6. The van der Waals surface area contributed by atoms with Crippen LogP contribution in [0.1, 0.15) is 24.8 Å². The van der Waals surface area contributed by atoms with Crippen LogP contribution in [-0.2, 0) is 11.3 Å². The van der Waals surface area contributed by atoms with E-state index >= 15 is 0 Å². The van der Waals surface area contributed by atoms with Crippen LogP contribution in [0, 0.1) is 5.92 Å². The van der Waals surface area contributed by atoms with Gasteiger partial charge >= 0.3 is 0 Å². The predicted molar refractivity (Wildman–Crippen MR) is 78.5 cm³/mol. The van der Waals surface area contributed by atoms with E-state index in [1.54, 1.807) is 7.11 Å². The van der Waals surface area contributed by atoms with Crippen molar-refractivity contribution >= 4 is 5.69 Å². The molecule has 1 heterocycles. The highest BCUT2D eigenvalue weighted by Crippen LogP contribution is 2.26. The Morgan fingerprint density at radius 1 is 1.32 bits per heavy atom. The van der Waals surface area contributed by atoms with E-state index in [2.05, 4.69) is 34.5 Å². The maximum Gasteiger partial charge on any atom is 0.0713 e. The van der Waals surface area contributed by atoms with Crippen LogP contribution in [0.2, 0.25) is 0 Å². The Bertz CT molecular complexity index is 417. The van der Waals surface area contributed by atoms with E-state index in [1.807, 2.05) is 0 Å². The van der Waals surface area contributed by atoms with Crippen LogP contribution in [0.3, 0.4) is 0 Å². The molecule has 1 atom stereocenters. The third-order valence-electron chi connectivity index (χ3n) is 4.15. The van der Waals surface area contributed by atoms with Crippen LogP contribution >= 0.6 is 0 Å². The number of nitrogens with zero attached hydrogens (tertiary/aromatic N) is 1. The highest BCUT2D eigenvalue weighted by molar-refractivity contribution is 5.49. The van der Waals surface area contributed by atoms with Crippen molar-refractivity contribution < 1.29 is 4.74 Å². The molecule has 0 aromatic heterocycles. The van der Waals surface area contributed by atoms with Crippen LogP contribution in [0.4, 0.5) is 5.69 Å². The van der Waals surface area contributed by atoms with E-state index < -0.39 is 0 Å². The van der Waals surface area contributed by atoms with E-state index in [-0.39, 0.29) is 0 Å². The number of methoxy groups -OCH3 is 1. The van der Waals surface area contributed by atoms with Crippen molar-refractivity contribution in [2.24, 2.45) is 5.92 Å². The summed E-state index contributed by atoms with van der Waals surface area (Å²) in [6.07, 6.45) is 4.08. The molecule has 1 saturated carbocycles. The smallest absolute Gasteiger partial charge is 0.0713 e. The van der Waals surface area contributed by atoms with Gasteiger partial charge in [-0.15, -0.1) is 0 Å². The minimum atomic E-state index is 0.703. The molecule has 3 rings (SSSR count). The zero-order valence-corrected chi connectivity index (χ0v) is 11.8. The van der Waals surface area contributed by atoms with Gasteiger partial charge in [-0.1, -0.05) is 12.1 Å². The lowest BCUT2D eigenvalue weighted by molar-refractivity contribution is 0.185. The Balaban J connectivity index is 1.55. The van der Waals surface area contributed by atoms with Crippen LogP contribution in [-0.4, -0.2) is 32.8 Å². The Morgan fingerprint density at radius 2 is 2.21 bits per heavy atom. The van der Waals surface area contributed by atoms with Crippen LogP contribution in [0.25, 0.3) is 0 Å². The first-order valence-electron chi connectivity index (χ1n) is 7.41. The Hall–Kier alpha value is -1.06. The molecular weight excluding hydrogens is 236 g/mol. The van der Waals surface area contributed by atoms with Crippen molar-refractivity contribution in [2.75, 3.05) is 31.6 Å². The molecule has 3 heteroatoms. The van der Waals surface area contributed by atoms with E-state index in [4.69, 9.17) is 4.74 Å². The molecule has 1 saturated heterocycles. The molecule has 2 fully saturated rings. The number of benzene rings is 1. The average molecular weight is 260 g/mol. The van der Waals surface area contributed by atoms with Crippen molar-refractivity contribution in [1.29, 1.82) is 0 Å². The number of hydrogen-bond donors (Lipinski definition) is 1. The first kappa shape index (κ1) is 12.9. The van der Waals surface area contributed by atoms with Crippen molar-refractivity contribution in [3.05, 3.63) is 29.8 Å². The molecule has 2 aliphatic rings. The van der Waals surface area contributed by atoms with Gasteiger partial charge in [0, 0.05) is 31.9 Å². The zero-order chi connectivity index (χ0) is 13.1. The number of hydrogen-bond acceptors (Lipinski definition) is 3. The van der Waals surface area contributed by atoms with Crippen molar-refractivity contribution in [1.82, 2.24) is 5.32 Å². The first-order chi connectivity index (χ1) is 9.35. The second-order valence-electron chi connectivity index (χ2n) is 5.89. The highest BCUT2D eigenvalue weighted by Gasteiger charge is 2.26. The van der Waals surface area contributed by atoms with Gasteiger partial charge in [0.05, 0.1) is 6.61 Å². The summed E-state index contributed by atoms with van der Waals surface area (Å²) >= 11 is 0. The lowest BCUT2D eigenvalue weighted by atomic mass is 10.1. The van der Waals surface area contributed by atoms with Gasteiger partial charge in [-0.2, -0.15) is 0 Å². The third kappa shape index (κ3) is 3.48. The third-order valence-corrected chi connectivity index (χ3v) is 4.15. The van der Waals surface area contributed by atoms with Crippen molar-refractivity contribution in [3.63, 3.8) is 0 Å². The molecule has 1 unspecified atom stereocenters. The number of anilines is 1. The fraction of sp³-hybridized carbons (Fsp3) is 0.625. The summed E-state index contributed by atoms with van der Waals surface area (Å²) in [7, 11) is 1.75. The lowest BCUT2D eigenvalue weighted by Gasteiger charge is -2.19. The minimum Gasteiger partial charge on any atom is -0.380 e. The topological polar surface area (TPSA) is 24.5 Å². The summed E-state index contributed by atoms with van der Waals surface area (Å²) in [5, 5.41) is 3.66. The summed E-state index contributed by atoms with van der Waals surface area (Å²) in [6.45, 7) is 4.27. The van der Waals surface area contributed by atoms with Gasteiger partial charge in [0.25, 0.3) is 0 Å². The van der Waals surface area contributed by atoms with Gasteiger partial charge in [0.2, 0.25) is 0 Å². The number of nitrogens with one attached hydrogen (secondary N) is 1. The van der Waals surface area contributed by atoms with Crippen LogP contribution in [0.5, 0.6) is 0 Å². The summed E-state index contributed by atoms with van der Waals surface area (Å²) in [4.78, 5) is 2.51. The molecule has 1 aromatic carbocycles. The van der Waals surface area contributed by atoms with E-state index in [1.165, 1.54) is 50.1 Å². The second kappa shape index (κ2) is 5.93. The summed E-state index contributed by atoms with van der Waals surface area (Å²) in [5.41, 5.74) is 2.61. The minimum absolute atomic E-state index is 0.703. The Labute approximate surface area is 115 Å². The normalized spacial score (nSPS) is 23.0. The van der Waals surface area contributed by atoms with E-state index in [9.17, 15) is 0 Å². The van der Waals surface area contributed by atoms with Gasteiger partial charge in [-0.25, -0.2) is 0 Å². The summed E-state index contributed by atoms with van der Waals surface area (Å²) in [5.74, 6) is 0.812. The van der Waals surface area contributed by atoms with E-state index in [0.29, 0.717) is 6.61 Å². The molecule has 0 spiro atoms. The average Bonchev–Trinajstić information content (AvgIpc) is 3.14. The van der Waals surface area contributed by atoms with Crippen LogP contribution < -0.4 is 10.2 Å². The summed E-state index contributed by atoms with van der Waals surface area (Å²) in [6, 6.07) is 9.59. The summed E-state index contributed by atoms with van der Waals surface area (Å²) < 4.78 is 5.21. The maximum atomic E-state index is 5.21.